The zero-order valence-electron chi connectivity index (χ0n) is 9.93. The topological polar surface area (TPSA) is 42.7 Å². The number of pyridine rings is 1. The van der Waals surface area contributed by atoms with E-state index in [-0.39, 0.29) is 0 Å². The lowest BCUT2D eigenvalue weighted by atomic mass is 10.2. The molecule has 1 N–H and O–H groups in total. The van der Waals surface area contributed by atoms with Crippen LogP contribution >= 0.6 is 0 Å². The van der Waals surface area contributed by atoms with Crippen molar-refractivity contribution in [3.8, 4) is 0 Å². The quantitative estimate of drug-likeness (QED) is 0.798. The van der Waals surface area contributed by atoms with E-state index < -0.39 is 0 Å². The Labute approximate surface area is 101 Å². The molecule has 0 aromatic carbocycles. The molecule has 2 aromatic heterocycles. The standard InChI is InChI=1S/C13H16N4/c1-3-6-15-13-16-8-9-17(13)10-12-11(2)5-4-7-14-12/h3-5,7-9H,1,6,10H2,2H3,(H,15,16). The average molecular weight is 228 g/mol. The van der Waals surface area contributed by atoms with E-state index in [1.807, 2.05) is 29.1 Å². The predicted molar refractivity (Wildman–Crippen MR) is 69.0 cm³/mol. The van der Waals surface area contributed by atoms with Crippen molar-refractivity contribution in [3.05, 3.63) is 54.6 Å². The van der Waals surface area contributed by atoms with Gasteiger partial charge < -0.3 is 9.88 Å². The van der Waals surface area contributed by atoms with Crippen molar-refractivity contribution in [1.29, 1.82) is 0 Å². The van der Waals surface area contributed by atoms with E-state index in [0.29, 0.717) is 6.54 Å². The van der Waals surface area contributed by atoms with Crippen LogP contribution in [-0.4, -0.2) is 21.1 Å². The molecule has 2 aromatic rings. The number of hydrogen-bond donors (Lipinski definition) is 1. The zero-order valence-corrected chi connectivity index (χ0v) is 9.93. The molecule has 0 bridgehead atoms. The van der Waals surface area contributed by atoms with Gasteiger partial charge >= 0.3 is 0 Å². The van der Waals surface area contributed by atoms with Crippen LogP contribution in [0.3, 0.4) is 0 Å². The van der Waals surface area contributed by atoms with Crippen LogP contribution < -0.4 is 5.32 Å². The number of anilines is 1. The van der Waals surface area contributed by atoms with Gasteiger partial charge in [-0.3, -0.25) is 4.98 Å². The molecule has 0 fully saturated rings. The molecule has 4 heteroatoms. The summed E-state index contributed by atoms with van der Waals surface area (Å²) in [4.78, 5) is 8.63. The first kappa shape index (κ1) is 11.4. The van der Waals surface area contributed by atoms with Crippen LogP contribution in [-0.2, 0) is 6.54 Å². The van der Waals surface area contributed by atoms with Gasteiger partial charge in [-0.15, -0.1) is 6.58 Å². The second-order valence-electron chi connectivity index (χ2n) is 3.82. The van der Waals surface area contributed by atoms with Crippen molar-refractivity contribution < 1.29 is 0 Å². The lowest BCUT2D eigenvalue weighted by Crippen LogP contribution is -2.09. The van der Waals surface area contributed by atoms with Gasteiger partial charge in [-0.25, -0.2) is 4.98 Å². The molecule has 0 saturated heterocycles. The number of nitrogens with zero attached hydrogens (tertiary/aromatic N) is 3. The molecule has 0 unspecified atom stereocenters. The maximum atomic E-state index is 4.38. The van der Waals surface area contributed by atoms with Gasteiger partial charge in [0.1, 0.15) is 0 Å². The maximum Gasteiger partial charge on any atom is 0.203 e. The molecule has 0 saturated carbocycles. The highest BCUT2D eigenvalue weighted by atomic mass is 15.2. The molecule has 88 valence electrons. The van der Waals surface area contributed by atoms with Gasteiger partial charge in [0.05, 0.1) is 12.2 Å². The molecule has 0 aliphatic rings. The Morgan fingerprint density at radius 2 is 2.29 bits per heavy atom. The van der Waals surface area contributed by atoms with E-state index in [0.717, 1.165) is 18.2 Å². The predicted octanol–water partition coefficient (Wildman–Crippen LogP) is 2.23. The van der Waals surface area contributed by atoms with Gasteiger partial charge in [0.25, 0.3) is 0 Å². The molecule has 0 radical (unpaired) electrons. The van der Waals surface area contributed by atoms with Crippen molar-refractivity contribution in [2.24, 2.45) is 0 Å². The normalized spacial score (nSPS) is 10.2. The van der Waals surface area contributed by atoms with E-state index in [9.17, 15) is 0 Å². The third kappa shape index (κ3) is 2.72. The minimum atomic E-state index is 0.707. The van der Waals surface area contributed by atoms with Crippen LogP contribution in [0.25, 0.3) is 0 Å². The first-order valence-electron chi connectivity index (χ1n) is 5.57. The second kappa shape index (κ2) is 5.30. The van der Waals surface area contributed by atoms with Gasteiger partial charge in [-0.2, -0.15) is 0 Å². The third-order valence-electron chi connectivity index (χ3n) is 2.56. The largest absolute Gasteiger partial charge is 0.352 e. The molecule has 17 heavy (non-hydrogen) atoms. The summed E-state index contributed by atoms with van der Waals surface area (Å²) in [7, 11) is 0. The van der Waals surface area contributed by atoms with Crippen LogP contribution in [0.5, 0.6) is 0 Å². The molecule has 2 rings (SSSR count). The minimum Gasteiger partial charge on any atom is -0.352 e. The van der Waals surface area contributed by atoms with Crippen molar-refractivity contribution in [3.63, 3.8) is 0 Å². The smallest absolute Gasteiger partial charge is 0.203 e. The number of imidazole rings is 1. The Kier molecular flexibility index (Phi) is 3.55. The molecule has 0 aliphatic carbocycles. The second-order valence-corrected chi connectivity index (χ2v) is 3.82. The molecule has 0 amide bonds. The summed E-state index contributed by atoms with van der Waals surface area (Å²) in [5.74, 6) is 0.843. The highest BCUT2D eigenvalue weighted by molar-refractivity contribution is 5.29. The molecule has 0 aliphatic heterocycles. The Morgan fingerprint density at radius 1 is 1.41 bits per heavy atom. The third-order valence-corrected chi connectivity index (χ3v) is 2.56. The Morgan fingerprint density at radius 3 is 3.06 bits per heavy atom. The summed E-state index contributed by atoms with van der Waals surface area (Å²) < 4.78 is 2.04. The number of aromatic nitrogens is 3. The van der Waals surface area contributed by atoms with Crippen LogP contribution in [0.2, 0.25) is 0 Å². The number of hydrogen-bond acceptors (Lipinski definition) is 3. The SMILES string of the molecule is C=CCNc1nccn1Cc1ncccc1C. The fourth-order valence-corrected chi connectivity index (χ4v) is 1.61. The van der Waals surface area contributed by atoms with E-state index in [1.165, 1.54) is 5.56 Å². The average Bonchev–Trinajstić information content (AvgIpc) is 2.77. The van der Waals surface area contributed by atoms with E-state index in [2.05, 4.69) is 34.9 Å². The summed E-state index contributed by atoms with van der Waals surface area (Å²) in [5, 5.41) is 3.19. The number of aryl methyl sites for hydroxylation is 1. The first-order valence-corrected chi connectivity index (χ1v) is 5.57. The van der Waals surface area contributed by atoms with Crippen LogP contribution in [0.15, 0.2) is 43.4 Å². The fourth-order valence-electron chi connectivity index (χ4n) is 1.61. The summed E-state index contributed by atoms with van der Waals surface area (Å²) >= 11 is 0. The summed E-state index contributed by atoms with van der Waals surface area (Å²) in [6, 6.07) is 4.01. The summed E-state index contributed by atoms with van der Waals surface area (Å²) in [6.07, 6.45) is 7.35. The van der Waals surface area contributed by atoms with Crippen LogP contribution in [0.1, 0.15) is 11.3 Å². The monoisotopic (exact) mass is 228 g/mol. The fraction of sp³-hybridized carbons (Fsp3) is 0.231. The maximum absolute atomic E-state index is 4.38. The van der Waals surface area contributed by atoms with Crippen LogP contribution in [0.4, 0.5) is 5.95 Å². The van der Waals surface area contributed by atoms with Crippen molar-refractivity contribution in [2.75, 3.05) is 11.9 Å². The van der Waals surface area contributed by atoms with Crippen molar-refractivity contribution in [2.45, 2.75) is 13.5 Å². The molecular formula is C13H16N4. The lowest BCUT2D eigenvalue weighted by molar-refractivity contribution is 0.772. The highest BCUT2D eigenvalue weighted by Crippen LogP contribution is 2.10. The van der Waals surface area contributed by atoms with E-state index in [1.54, 1.807) is 6.20 Å². The molecule has 2 heterocycles. The van der Waals surface area contributed by atoms with Crippen molar-refractivity contribution in [1.82, 2.24) is 14.5 Å². The molecule has 0 atom stereocenters. The molecule has 0 spiro atoms. The Bertz CT molecular complexity index is 502. The van der Waals surface area contributed by atoms with Gasteiger partial charge in [0, 0.05) is 25.1 Å². The number of rotatable bonds is 5. The van der Waals surface area contributed by atoms with Gasteiger partial charge in [-0.1, -0.05) is 12.1 Å². The van der Waals surface area contributed by atoms with E-state index >= 15 is 0 Å². The first-order chi connectivity index (χ1) is 8.31. The van der Waals surface area contributed by atoms with Gasteiger partial charge in [-0.05, 0) is 18.6 Å². The molecular weight excluding hydrogens is 212 g/mol. The molecule has 4 nitrogen and oxygen atoms in total. The van der Waals surface area contributed by atoms with Crippen LogP contribution in [0, 0.1) is 6.92 Å². The zero-order chi connectivity index (χ0) is 12.1. The van der Waals surface area contributed by atoms with E-state index in [4.69, 9.17) is 0 Å². The Balaban J connectivity index is 2.16. The summed E-state index contributed by atoms with van der Waals surface area (Å²) in [5.41, 5.74) is 2.25. The minimum absolute atomic E-state index is 0.707. The summed E-state index contributed by atoms with van der Waals surface area (Å²) in [6.45, 7) is 7.18. The van der Waals surface area contributed by atoms with Gasteiger partial charge in [0.15, 0.2) is 0 Å². The van der Waals surface area contributed by atoms with Crippen molar-refractivity contribution >= 4 is 5.95 Å². The van der Waals surface area contributed by atoms with Gasteiger partial charge in [0.2, 0.25) is 5.95 Å². The lowest BCUT2D eigenvalue weighted by Gasteiger charge is -2.09. The number of nitrogens with one attached hydrogen (secondary N) is 1. The highest BCUT2D eigenvalue weighted by Gasteiger charge is 2.04. The Hall–Kier alpha value is -2.10.